The van der Waals surface area contributed by atoms with E-state index in [0.717, 1.165) is 63.2 Å². The van der Waals surface area contributed by atoms with Gasteiger partial charge in [-0.05, 0) is 54.9 Å². The Morgan fingerprint density at radius 2 is 1.75 bits per heavy atom. The van der Waals surface area contributed by atoms with Crippen LogP contribution < -0.4 is 20.4 Å². The molecule has 0 aliphatic carbocycles. The van der Waals surface area contributed by atoms with Crippen LogP contribution in [0.4, 0.5) is 17.6 Å². The summed E-state index contributed by atoms with van der Waals surface area (Å²) in [4.78, 5) is 14.4. The lowest BCUT2D eigenvalue weighted by Crippen LogP contribution is -2.36. The van der Waals surface area contributed by atoms with Crippen LogP contribution in [0.5, 0.6) is 0 Å². The number of nitrogens with zero attached hydrogens (tertiary/aromatic N) is 4. The molecule has 0 spiro atoms. The number of thiocarbonyl (C=S) groups is 1. The van der Waals surface area contributed by atoms with Crippen molar-refractivity contribution in [3.63, 3.8) is 0 Å². The van der Waals surface area contributed by atoms with Gasteiger partial charge in [0.05, 0.1) is 6.10 Å². The molecule has 0 saturated carbocycles. The highest BCUT2D eigenvalue weighted by Gasteiger charge is 2.24. The maximum Gasteiger partial charge on any atom is 0.232 e. The van der Waals surface area contributed by atoms with Crippen LogP contribution in [-0.2, 0) is 17.8 Å². The predicted octanol–water partition coefficient (Wildman–Crippen LogP) is 3.70. The summed E-state index contributed by atoms with van der Waals surface area (Å²) in [7, 11) is 0. The fraction of sp³-hybridized carbons (Fsp3) is 0.542. The molecule has 0 amide bonds. The summed E-state index contributed by atoms with van der Waals surface area (Å²) >= 11 is 5.54. The first-order valence-electron chi connectivity index (χ1n) is 11.8. The topological polar surface area (TPSA) is 65.5 Å². The molecular weight excluding hydrogens is 420 g/mol. The second-order valence-electron chi connectivity index (χ2n) is 9.17. The monoisotopic (exact) mass is 452 g/mol. The third-order valence-electron chi connectivity index (χ3n) is 6.71. The van der Waals surface area contributed by atoms with Crippen LogP contribution in [0.1, 0.15) is 43.7 Å². The van der Waals surface area contributed by atoms with E-state index in [1.165, 1.54) is 24.0 Å². The van der Waals surface area contributed by atoms with Gasteiger partial charge >= 0.3 is 0 Å². The molecule has 5 rings (SSSR count). The smallest absolute Gasteiger partial charge is 0.232 e. The number of hydrogen-bond donors (Lipinski definition) is 2. The van der Waals surface area contributed by atoms with E-state index in [9.17, 15) is 0 Å². The van der Waals surface area contributed by atoms with Crippen LogP contribution in [0.2, 0.25) is 0 Å². The van der Waals surface area contributed by atoms with Crippen LogP contribution in [0.3, 0.4) is 0 Å². The Labute approximate surface area is 195 Å². The highest BCUT2D eigenvalue weighted by molar-refractivity contribution is 7.80. The highest BCUT2D eigenvalue weighted by atomic mass is 32.1. The van der Waals surface area contributed by atoms with Gasteiger partial charge in [0.25, 0.3) is 0 Å². The zero-order valence-electron chi connectivity index (χ0n) is 18.7. The van der Waals surface area contributed by atoms with E-state index < -0.39 is 0 Å². The van der Waals surface area contributed by atoms with Crippen molar-refractivity contribution in [2.24, 2.45) is 5.92 Å². The van der Waals surface area contributed by atoms with Crippen molar-refractivity contribution in [1.29, 1.82) is 0 Å². The molecule has 7 nitrogen and oxygen atoms in total. The van der Waals surface area contributed by atoms with Gasteiger partial charge in [-0.1, -0.05) is 31.2 Å². The van der Waals surface area contributed by atoms with Crippen molar-refractivity contribution in [3.05, 3.63) is 41.5 Å². The Bertz CT molecular complexity index is 930. The van der Waals surface area contributed by atoms with Gasteiger partial charge < -0.3 is 25.2 Å². The van der Waals surface area contributed by atoms with Gasteiger partial charge in [-0.25, -0.2) is 0 Å². The Kier molecular flexibility index (Phi) is 6.41. The van der Waals surface area contributed by atoms with Gasteiger partial charge in [-0.15, -0.1) is 0 Å². The standard InChI is InChI=1S/C24H32N6OS/c1-17-8-10-29(11-9-17)21-13-22(30-15-18-5-2-3-6-19(18)16-30)27-23(26-21)28-24(32)25-14-20-7-4-12-31-20/h2-3,5-6,13,17,20H,4,7-12,14-16H2,1H3,(H2,25,26,27,28,32)/t20-/m1/s1. The number of ether oxygens (including phenoxy) is 1. The first-order valence-corrected chi connectivity index (χ1v) is 12.2. The number of hydrogen-bond acceptors (Lipinski definition) is 6. The second kappa shape index (κ2) is 9.58. The molecule has 8 heteroatoms. The number of aromatic nitrogens is 2. The highest BCUT2D eigenvalue weighted by Crippen LogP contribution is 2.31. The molecule has 1 aromatic heterocycles. The van der Waals surface area contributed by atoms with E-state index in [-0.39, 0.29) is 6.10 Å². The Balaban J connectivity index is 1.34. The quantitative estimate of drug-likeness (QED) is 0.666. The molecule has 0 radical (unpaired) electrons. The minimum Gasteiger partial charge on any atom is -0.376 e. The predicted molar refractivity (Wildman–Crippen MR) is 132 cm³/mol. The van der Waals surface area contributed by atoms with Gasteiger partial charge in [0.1, 0.15) is 11.6 Å². The summed E-state index contributed by atoms with van der Waals surface area (Å²) in [6.45, 7) is 7.67. The van der Waals surface area contributed by atoms with E-state index in [1.54, 1.807) is 0 Å². The third-order valence-corrected chi connectivity index (χ3v) is 6.96. The van der Waals surface area contributed by atoms with E-state index in [4.69, 9.17) is 26.9 Å². The molecule has 2 saturated heterocycles. The minimum atomic E-state index is 0.232. The first-order chi connectivity index (χ1) is 15.6. The number of fused-ring (bicyclic) bond motifs is 1. The first kappa shape index (κ1) is 21.4. The zero-order valence-corrected chi connectivity index (χ0v) is 19.5. The van der Waals surface area contributed by atoms with E-state index in [0.29, 0.717) is 17.6 Å². The minimum absolute atomic E-state index is 0.232. The summed E-state index contributed by atoms with van der Waals surface area (Å²) in [5.41, 5.74) is 2.73. The van der Waals surface area contributed by atoms with Crippen molar-refractivity contribution in [2.75, 3.05) is 41.4 Å². The maximum absolute atomic E-state index is 5.68. The summed E-state index contributed by atoms with van der Waals surface area (Å²) in [5.74, 6) is 3.24. The Morgan fingerprint density at radius 1 is 1.06 bits per heavy atom. The Hall–Kier alpha value is -2.45. The fourth-order valence-corrected chi connectivity index (χ4v) is 4.87. The van der Waals surface area contributed by atoms with Crippen LogP contribution >= 0.6 is 12.2 Å². The van der Waals surface area contributed by atoms with Gasteiger partial charge in [0, 0.05) is 45.4 Å². The number of anilines is 3. The second-order valence-corrected chi connectivity index (χ2v) is 9.58. The molecule has 2 aromatic rings. The molecule has 1 atom stereocenters. The van der Waals surface area contributed by atoms with Gasteiger partial charge in [0.2, 0.25) is 5.95 Å². The summed E-state index contributed by atoms with van der Waals surface area (Å²) < 4.78 is 5.68. The van der Waals surface area contributed by atoms with Crippen molar-refractivity contribution in [3.8, 4) is 0 Å². The van der Waals surface area contributed by atoms with Crippen LogP contribution in [0.15, 0.2) is 30.3 Å². The van der Waals surface area contributed by atoms with E-state index in [1.807, 2.05) is 0 Å². The molecule has 170 valence electrons. The van der Waals surface area contributed by atoms with Crippen molar-refractivity contribution in [1.82, 2.24) is 15.3 Å². The maximum atomic E-state index is 5.68. The number of piperidine rings is 1. The van der Waals surface area contributed by atoms with E-state index in [2.05, 4.69) is 57.7 Å². The molecule has 2 N–H and O–H groups in total. The normalized spacial score (nSPS) is 21.0. The average molecular weight is 453 g/mol. The third kappa shape index (κ3) is 4.96. The fourth-order valence-electron chi connectivity index (χ4n) is 4.69. The Morgan fingerprint density at radius 3 is 2.41 bits per heavy atom. The summed E-state index contributed by atoms with van der Waals surface area (Å²) in [5, 5.41) is 7.04. The van der Waals surface area contributed by atoms with Crippen molar-refractivity contribution >= 4 is 34.9 Å². The number of nitrogens with one attached hydrogen (secondary N) is 2. The molecular formula is C24H32N6OS. The van der Waals surface area contributed by atoms with Crippen molar-refractivity contribution in [2.45, 2.75) is 51.8 Å². The number of rotatable bonds is 5. The molecule has 0 bridgehead atoms. The lowest BCUT2D eigenvalue weighted by molar-refractivity contribution is 0.114. The zero-order chi connectivity index (χ0) is 21.9. The lowest BCUT2D eigenvalue weighted by atomic mass is 9.99. The number of benzene rings is 1. The SMILES string of the molecule is CC1CCN(c2cc(N3Cc4ccccc4C3)nc(NC(=S)NC[C@H]3CCCO3)n2)CC1. The van der Waals surface area contributed by atoms with Crippen molar-refractivity contribution < 1.29 is 4.74 Å². The van der Waals surface area contributed by atoms with E-state index >= 15 is 0 Å². The van der Waals surface area contributed by atoms with Crippen LogP contribution in [-0.4, -0.2) is 47.4 Å². The average Bonchev–Trinajstić information content (AvgIpc) is 3.48. The summed E-state index contributed by atoms with van der Waals surface area (Å²) in [6, 6.07) is 10.7. The van der Waals surface area contributed by atoms with Gasteiger partial charge in [-0.3, -0.25) is 0 Å². The van der Waals surface area contributed by atoms with Crippen LogP contribution in [0, 0.1) is 5.92 Å². The molecule has 3 aliphatic rings. The molecule has 0 unspecified atom stereocenters. The molecule has 32 heavy (non-hydrogen) atoms. The van der Waals surface area contributed by atoms with Gasteiger partial charge in [-0.2, -0.15) is 9.97 Å². The summed E-state index contributed by atoms with van der Waals surface area (Å²) in [6.07, 6.45) is 4.82. The molecule has 4 heterocycles. The molecule has 1 aromatic carbocycles. The molecule has 3 aliphatic heterocycles. The lowest BCUT2D eigenvalue weighted by Gasteiger charge is -2.32. The van der Waals surface area contributed by atoms with Crippen LogP contribution in [0.25, 0.3) is 0 Å². The largest absolute Gasteiger partial charge is 0.376 e. The van der Waals surface area contributed by atoms with Gasteiger partial charge in [0.15, 0.2) is 5.11 Å². The molecule has 2 fully saturated rings.